The zero-order valence-corrected chi connectivity index (χ0v) is 14.4. The topological polar surface area (TPSA) is 106 Å². The van der Waals surface area contributed by atoms with Crippen LogP contribution in [-0.2, 0) is 28.5 Å². The maximum absolute atomic E-state index is 11.7. The van der Waals surface area contributed by atoms with E-state index >= 15 is 0 Å². The molecule has 24 heavy (non-hydrogen) atoms. The summed E-state index contributed by atoms with van der Waals surface area (Å²) >= 11 is 0. The first-order valence-corrected chi connectivity index (χ1v) is 8.07. The summed E-state index contributed by atoms with van der Waals surface area (Å²) in [5.41, 5.74) is 0. The van der Waals surface area contributed by atoms with Crippen molar-refractivity contribution in [3.8, 4) is 0 Å². The van der Waals surface area contributed by atoms with Crippen LogP contribution in [0, 0.1) is 16.0 Å². The van der Waals surface area contributed by atoms with Crippen LogP contribution in [0.15, 0.2) is 0 Å². The number of methoxy groups -OCH3 is 1. The molecule has 2 fully saturated rings. The molecule has 0 aromatic rings. The van der Waals surface area contributed by atoms with E-state index in [-0.39, 0.29) is 19.6 Å². The van der Waals surface area contributed by atoms with Crippen LogP contribution in [0.5, 0.6) is 0 Å². The molecule has 0 amide bonds. The van der Waals surface area contributed by atoms with Gasteiger partial charge in [0.25, 0.3) is 0 Å². The Hall–Kier alpha value is -1.29. The van der Waals surface area contributed by atoms with Crippen molar-refractivity contribution in [3.05, 3.63) is 10.1 Å². The third-order valence-electron chi connectivity index (χ3n) is 4.09. The predicted molar refractivity (Wildman–Crippen MR) is 80.7 cm³/mol. The summed E-state index contributed by atoms with van der Waals surface area (Å²) in [5, 5.41) is 10.9. The number of nitro groups is 1. The summed E-state index contributed by atoms with van der Waals surface area (Å²) < 4.78 is 27.7. The molecule has 0 aliphatic carbocycles. The lowest BCUT2D eigenvalue weighted by Gasteiger charge is -2.26. The molecule has 0 aromatic heterocycles. The summed E-state index contributed by atoms with van der Waals surface area (Å²) in [5.74, 6) is -1.72. The second-order valence-corrected chi connectivity index (χ2v) is 6.47. The van der Waals surface area contributed by atoms with Gasteiger partial charge >= 0.3 is 5.97 Å². The number of nitrogens with zero attached hydrogens (tertiary/aromatic N) is 1. The molecular formula is C15H25NO8. The van der Waals surface area contributed by atoms with E-state index in [2.05, 4.69) is 0 Å². The fourth-order valence-electron chi connectivity index (χ4n) is 3.24. The van der Waals surface area contributed by atoms with Crippen LogP contribution in [0.4, 0.5) is 0 Å². The van der Waals surface area contributed by atoms with E-state index < -0.39 is 47.2 Å². The fourth-order valence-corrected chi connectivity index (χ4v) is 3.24. The van der Waals surface area contributed by atoms with Crippen molar-refractivity contribution in [2.24, 2.45) is 5.92 Å². The summed E-state index contributed by atoms with van der Waals surface area (Å²) in [7, 11) is 1.53. The van der Waals surface area contributed by atoms with Gasteiger partial charge in [0, 0.05) is 18.0 Å². The van der Waals surface area contributed by atoms with E-state index in [9.17, 15) is 14.9 Å². The van der Waals surface area contributed by atoms with Crippen LogP contribution in [0.1, 0.15) is 33.6 Å². The maximum Gasteiger partial charge on any atom is 0.306 e. The Kier molecular flexibility index (Phi) is 6.13. The average molecular weight is 347 g/mol. The molecule has 2 aliphatic heterocycles. The molecule has 9 nitrogen and oxygen atoms in total. The Labute approximate surface area is 140 Å². The molecule has 0 spiro atoms. The first-order valence-electron chi connectivity index (χ1n) is 8.07. The Morgan fingerprint density at radius 3 is 2.67 bits per heavy atom. The molecule has 0 radical (unpaired) electrons. The van der Waals surface area contributed by atoms with Crippen molar-refractivity contribution in [1.82, 2.24) is 0 Å². The van der Waals surface area contributed by atoms with Crippen molar-refractivity contribution in [2.45, 2.75) is 64.0 Å². The molecule has 0 N–H and O–H groups in total. The second-order valence-electron chi connectivity index (χ2n) is 6.47. The Morgan fingerprint density at radius 1 is 1.38 bits per heavy atom. The third-order valence-corrected chi connectivity index (χ3v) is 4.09. The lowest BCUT2D eigenvalue weighted by molar-refractivity contribution is -0.488. The molecule has 0 aromatic carbocycles. The van der Waals surface area contributed by atoms with Gasteiger partial charge in [-0.2, -0.15) is 0 Å². The van der Waals surface area contributed by atoms with E-state index in [0.29, 0.717) is 6.42 Å². The zero-order valence-electron chi connectivity index (χ0n) is 14.4. The first-order chi connectivity index (χ1) is 11.3. The van der Waals surface area contributed by atoms with E-state index in [1.54, 1.807) is 20.8 Å². The van der Waals surface area contributed by atoms with Crippen molar-refractivity contribution < 1.29 is 33.4 Å². The Bertz CT molecular complexity index is 468. The van der Waals surface area contributed by atoms with Crippen LogP contribution in [0.25, 0.3) is 0 Å². The predicted octanol–water partition coefficient (Wildman–Crippen LogP) is 1.11. The molecule has 2 aliphatic rings. The summed E-state index contributed by atoms with van der Waals surface area (Å²) in [6, 6.07) is 0. The number of ether oxygens (including phenoxy) is 5. The molecule has 2 unspecified atom stereocenters. The highest BCUT2D eigenvalue weighted by molar-refractivity contribution is 5.69. The minimum absolute atomic E-state index is 0.0341. The van der Waals surface area contributed by atoms with Gasteiger partial charge < -0.3 is 23.7 Å². The average Bonchev–Trinajstić information content (AvgIpc) is 2.88. The van der Waals surface area contributed by atoms with Crippen LogP contribution >= 0.6 is 0 Å². The van der Waals surface area contributed by atoms with Gasteiger partial charge in [0.1, 0.15) is 12.2 Å². The van der Waals surface area contributed by atoms with Gasteiger partial charge in [0.15, 0.2) is 12.1 Å². The quantitative estimate of drug-likeness (QED) is 0.365. The van der Waals surface area contributed by atoms with Crippen LogP contribution in [0.3, 0.4) is 0 Å². The summed E-state index contributed by atoms with van der Waals surface area (Å²) in [6.07, 6.45) is -1.57. The normalized spacial score (nSPS) is 32.3. The van der Waals surface area contributed by atoms with Crippen LogP contribution in [0.2, 0.25) is 0 Å². The number of carbonyl (C=O) groups is 1. The molecule has 2 heterocycles. The molecule has 138 valence electrons. The smallest absolute Gasteiger partial charge is 0.306 e. The molecule has 0 saturated carbocycles. The van der Waals surface area contributed by atoms with Gasteiger partial charge in [-0.3, -0.25) is 14.9 Å². The van der Waals surface area contributed by atoms with Crippen molar-refractivity contribution in [2.75, 3.05) is 20.3 Å². The third kappa shape index (κ3) is 4.62. The monoisotopic (exact) mass is 347 g/mol. The van der Waals surface area contributed by atoms with Gasteiger partial charge in [0.2, 0.25) is 6.54 Å². The highest BCUT2D eigenvalue weighted by Crippen LogP contribution is 2.40. The summed E-state index contributed by atoms with van der Waals surface area (Å²) in [4.78, 5) is 22.1. The zero-order chi connectivity index (χ0) is 17.9. The largest absolute Gasteiger partial charge is 0.466 e. The minimum atomic E-state index is -0.762. The molecular weight excluding hydrogens is 322 g/mol. The van der Waals surface area contributed by atoms with Crippen molar-refractivity contribution in [3.63, 3.8) is 0 Å². The molecule has 9 heteroatoms. The Balaban J connectivity index is 2.00. The summed E-state index contributed by atoms with van der Waals surface area (Å²) in [6.45, 7) is 5.17. The van der Waals surface area contributed by atoms with Gasteiger partial charge in [-0.25, -0.2) is 0 Å². The number of fused-ring (bicyclic) bond motifs is 1. The lowest BCUT2D eigenvalue weighted by Crippen LogP contribution is -2.38. The fraction of sp³-hybridized carbons (Fsp3) is 0.933. The van der Waals surface area contributed by atoms with E-state index in [1.807, 2.05) is 0 Å². The van der Waals surface area contributed by atoms with Crippen LogP contribution < -0.4 is 0 Å². The van der Waals surface area contributed by atoms with E-state index in [0.717, 1.165) is 0 Å². The highest BCUT2D eigenvalue weighted by atomic mass is 16.8. The maximum atomic E-state index is 11.7. The van der Waals surface area contributed by atoms with Gasteiger partial charge in [-0.15, -0.1) is 0 Å². The molecule has 2 rings (SSSR count). The van der Waals surface area contributed by atoms with Crippen molar-refractivity contribution >= 4 is 5.97 Å². The molecule has 5 atom stereocenters. The second kappa shape index (κ2) is 7.73. The lowest BCUT2D eigenvalue weighted by atomic mass is 9.94. The molecule has 2 saturated heterocycles. The minimum Gasteiger partial charge on any atom is -0.466 e. The van der Waals surface area contributed by atoms with Crippen molar-refractivity contribution in [1.29, 1.82) is 0 Å². The van der Waals surface area contributed by atoms with Gasteiger partial charge in [0.05, 0.1) is 19.1 Å². The highest BCUT2D eigenvalue weighted by Gasteiger charge is 2.55. The number of hydrogen-bond acceptors (Lipinski definition) is 8. The Morgan fingerprint density at radius 2 is 2.08 bits per heavy atom. The number of esters is 1. The molecule has 0 bridgehead atoms. The van der Waals surface area contributed by atoms with E-state index in [1.165, 1.54) is 7.11 Å². The van der Waals surface area contributed by atoms with Gasteiger partial charge in [-0.1, -0.05) is 0 Å². The standard InChI is InChI=1S/C15H25NO8/c1-5-21-11(17)7-9(8-16(18)19)6-10-12(20-4)13-14(22-10)24-15(2,3)23-13/h9-10,12-14H,5-8H2,1-4H3/t9?,10-,12+,13?,14+/m0/s1. The van der Waals surface area contributed by atoms with Crippen LogP contribution in [-0.4, -0.2) is 61.5 Å². The number of carbonyl (C=O) groups excluding carboxylic acids is 1. The number of rotatable bonds is 8. The van der Waals surface area contributed by atoms with E-state index in [4.69, 9.17) is 23.7 Å². The number of hydrogen-bond donors (Lipinski definition) is 0. The first kappa shape index (κ1) is 19.0. The SMILES string of the molecule is CCOC(=O)CC(C[C@@H]1O[C@@H]2OC(C)(C)OC2[C@@H]1OC)C[N+](=O)[O-]. The van der Waals surface area contributed by atoms with Gasteiger partial charge in [-0.05, 0) is 27.2 Å².